The minimum absolute atomic E-state index is 0.214. The monoisotopic (exact) mass is 525 g/mol. The summed E-state index contributed by atoms with van der Waals surface area (Å²) in [6.45, 7) is 0. The number of hydrogen-bond acceptors (Lipinski definition) is 5. The molecule has 40 heavy (non-hydrogen) atoms. The number of aromatic amines is 2. The summed E-state index contributed by atoms with van der Waals surface area (Å²) in [4.78, 5) is 29.3. The van der Waals surface area contributed by atoms with Crippen LogP contribution in [-0.2, 0) is 0 Å². The number of amides is 1. The van der Waals surface area contributed by atoms with Gasteiger partial charge in [-0.2, -0.15) is 5.10 Å². The SMILES string of the molecule is O=C(Nc1cncc(-c2cc3c(-c4cc5c(-c6ccc(F)cc6)cncc5[nH]4)n[nH]c3cn2)c1)c1ccccc1. The molecule has 0 radical (unpaired) electrons. The molecule has 0 saturated heterocycles. The van der Waals surface area contributed by atoms with Crippen molar-refractivity contribution < 1.29 is 9.18 Å². The smallest absolute Gasteiger partial charge is 0.255 e. The highest BCUT2D eigenvalue weighted by molar-refractivity contribution is 6.04. The third-order valence-electron chi connectivity index (χ3n) is 6.73. The van der Waals surface area contributed by atoms with Gasteiger partial charge in [0.15, 0.2) is 0 Å². The number of carbonyl (C=O) groups excluding carboxylic acids is 1. The maximum absolute atomic E-state index is 13.5. The Balaban J connectivity index is 1.25. The number of carbonyl (C=O) groups is 1. The summed E-state index contributed by atoms with van der Waals surface area (Å²) in [5, 5.41) is 12.3. The lowest BCUT2D eigenvalue weighted by molar-refractivity contribution is 0.102. The van der Waals surface area contributed by atoms with E-state index in [9.17, 15) is 9.18 Å². The Bertz CT molecular complexity index is 2010. The van der Waals surface area contributed by atoms with Gasteiger partial charge in [0.2, 0.25) is 0 Å². The Morgan fingerprint density at radius 3 is 2.45 bits per heavy atom. The molecule has 0 spiro atoms. The fraction of sp³-hybridized carbons (Fsp3) is 0. The zero-order valence-corrected chi connectivity index (χ0v) is 20.9. The molecule has 0 saturated carbocycles. The topological polar surface area (TPSA) is 112 Å². The quantitative estimate of drug-likeness (QED) is 0.234. The van der Waals surface area contributed by atoms with E-state index in [1.165, 1.54) is 12.1 Å². The summed E-state index contributed by atoms with van der Waals surface area (Å²) in [7, 11) is 0. The van der Waals surface area contributed by atoms with Crippen molar-refractivity contribution in [3.63, 3.8) is 0 Å². The van der Waals surface area contributed by atoms with Crippen LogP contribution < -0.4 is 5.32 Å². The van der Waals surface area contributed by atoms with Gasteiger partial charge in [-0.25, -0.2) is 4.39 Å². The molecule has 3 N–H and O–H groups in total. The molecule has 8 nitrogen and oxygen atoms in total. The molecule has 0 aliphatic heterocycles. The molecular formula is C31H20FN7O. The van der Waals surface area contributed by atoms with E-state index in [0.29, 0.717) is 16.9 Å². The molecule has 5 heterocycles. The van der Waals surface area contributed by atoms with Crippen molar-refractivity contribution >= 4 is 33.4 Å². The number of hydrogen-bond donors (Lipinski definition) is 3. The standard InChI is InChI=1S/C31H20FN7O/c32-21-8-6-18(7-9-21)25-15-34-16-28-23(25)11-27(37-28)30-24-12-26(35-17-29(24)38-39-30)20-10-22(14-33-13-20)36-31(40)19-4-2-1-3-5-19/h1-17,37H,(H,36,40)(H,38,39). The Labute approximate surface area is 227 Å². The minimum atomic E-state index is -0.287. The molecule has 9 heteroatoms. The average molecular weight is 526 g/mol. The third-order valence-corrected chi connectivity index (χ3v) is 6.73. The predicted octanol–water partition coefficient (Wildman–Crippen LogP) is 6.62. The van der Waals surface area contributed by atoms with Crippen LogP contribution in [0.4, 0.5) is 10.1 Å². The van der Waals surface area contributed by atoms with Gasteiger partial charge in [0.25, 0.3) is 5.91 Å². The van der Waals surface area contributed by atoms with Crippen molar-refractivity contribution in [1.82, 2.24) is 30.1 Å². The van der Waals surface area contributed by atoms with Gasteiger partial charge in [0.05, 0.1) is 46.7 Å². The van der Waals surface area contributed by atoms with Gasteiger partial charge in [-0.15, -0.1) is 0 Å². The first-order valence-electron chi connectivity index (χ1n) is 12.5. The van der Waals surface area contributed by atoms with Gasteiger partial charge in [0.1, 0.15) is 11.5 Å². The van der Waals surface area contributed by atoms with E-state index < -0.39 is 0 Å². The highest BCUT2D eigenvalue weighted by Crippen LogP contribution is 2.34. The number of halogens is 1. The zero-order valence-electron chi connectivity index (χ0n) is 20.9. The zero-order chi connectivity index (χ0) is 27.1. The summed E-state index contributed by atoms with van der Waals surface area (Å²) >= 11 is 0. The van der Waals surface area contributed by atoms with Crippen LogP contribution in [0.15, 0.2) is 104 Å². The van der Waals surface area contributed by atoms with Crippen molar-refractivity contribution in [2.75, 3.05) is 5.32 Å². The largest absolute Gasteiger partial charge is 0.352 e. The molecule has 0 bridgehead atoms. The van der Waals surface area contributed by atoms with Crippen LogP contribution in [0.2, 0.25) is 0 Å². The molecule has 0 fully saturated rings. The van der Waals surface area contributed by atoms with E-state index in [1.807, 2.05) is 36.4 Å². The first-order valence-corrected chi connectivity index (χ1v) is 12.5. The summed E-state index contributed by atoms with van der Waals surface area (Å²) in [5.74, 6) is -0.501. The van der Waals surface area contributed by atoms with Gasteiger partial charge in [-0.05, 0) is 48.0 Å². The third kappa shape index (κ3) is 4.25. The lowest BCUT2D eigenvalue weighted by Gasteiger charge is -2.07. The van der Waals surface area contributed by atoms with Gasteiger partial charge in [-0.3, -0.25) is 24.8 Å². The van der Waals surface area contributed by atoms with E-state index in [0.717, 1.165) is 49.9 Å². The molecule has 2 aromatic carbocycles. The molecular weight excluding hydrogens is 505 g/mol. The summed E-state index contributed by atoms with van der Waals surface area (Å²) < 4.78 is 13.5. The van der Waals surface area contributed by atoms with Gasteiger partial charge >= 0.3 is 0 Å². The number of nitrogens with zero attached hydrogens (tertiary/aromatic N) is 4. The van der Waals surface area contributed by atoms with Crippen LogP contribution in [0.1, 0.15) is 10.4 Å². The molecule has 5 aromatic heterocycles. The lowest BCUT2D eigenvalue weighted by atomic mass is 10.0. The van der Waals surface area contributed by atoms with Crippen molar-refractivity contribution in [1.29, 1.82) is 0 Å². The number of rotatable bonds is 5. The number of nitrogens with one attached hydrogen (secondary N) is 3. The number of aromatic nitrogens is 6. The highest BCUT2D eigenvalue weighted by atomic mass is 19.1. The maximum Gasteiger partial charge on any atom is 0.255 e. The van der Waals surface area contributed by atoms with Crippen molar-refractivity contribution in [3.8, 4) is 33.8 Å². The van der Waals surface area contributed by atoms with Gasteiger partial charge < -0.3 is 10.3 Å². The molecule has 7 rings (SSSR count). The molecule has 0 atom stereocenters. The molecule has 7 aromatic rings. The number of anilines is 1. The molecule has 0 aliphatic carbocycles. The van der Waals surface area contributed by atoms with E-state index in [2.05, 4.69) is 35.5 Å². The number of benzene rings is 2. The van der Waals surface area contributed by atoms with Crippen molar-refractivity contribution in [2.24, 2.45) is 0 Å². The van der Waals surface area contributed by atoms with Crippen LogP contribution >= 0.6 is 0 Å². The first-order chi connectivity index (χ1) is 19.6. The molecule has 192 valence electrons. The van der Waals surface area contributed by atoms with Crippen LogP contribution in [0.3, 0.4) is 0 Å². The number of H-pyrrole nitrogens is 2. The average Bonchev–Trinajstić information content (AvgIpc) is 3.62. The fourth-order valence-corrected chi connectivity index (χ4v) is 4.76. The normalized spacial score (nSPS) is 11.2. The van der Waals surface area contributed by atoms with Gasteiger partial charge in [-0.1, -0.05) is 30.3 Å². The van der Waals surface area contributed by atoms with E-state index in [4.69, 9.17) is 0 Å². The first kappa shape index (κ1) is 23.4. The number of pyridine rings is 3. The summed E-state index contributed by atoms with van der Waals surface area (Å²) in [5.41, 5.74) is 7.46. The lowest BCUT2D eigenvalue weighted by Crippen LogP contribution is -2.11. The van der Waals surface area contributed by atoms with Crippen molar-refractivity contribution in [2.45, 2.75) is 0 Å². The molecule has 1 amide bonds. The maximum atomic E-state index is 13.5. The Kier molecular flexibility index (Phi) is 5.59. The summed E-state index contributed by atoms with van der Waals surface area (Å²) in [6, 6.07) is 21.2. The van der Waals surface area contributed by atoms with Crippen LogP contribution in [0, 0.1) is 5.82 Å². The Morgan fingerprint density at radius 1 is 0.775 bits per heavy atom. The molecule has 0 unspecified atom stereocenters. The van der Waals surface area contributed by atoms with E-state index in [-0.39, 0.29) is 11.7 Å². The molecule has 0 aliphatic rings. The Hall–Kier alpha value is -5.70. The second kappa shape index (κ2) is 9.55. The Morgan fingerprint density at radius 2 is 1.60 bits per heavy atom. The fourth-order valence-electron chi connectivity index (χ4n) is 4.76. The van der Waals surface area contributed by atoms with E-state index in [1.54, 1.807) is 55.2 Å². The predicted molar refractivity (Wildman–Crippen MR) is 152 cm³/mol. The van der Waals surface area contributed by atoms with E-state index >= 15 is 0 Å². The minimum Gasteiger partial charge on any atom is -0.352 e. The number of fused-ring (bicyclic) bond motifs is 2. The van der Waals surface area contributed by atoms with Crippen molar-refractivity contribution in [3.05, 3.63) is 115 Å². The van der Waals surface area contributed by atoms with Gasteiger partial charge in [0, 0.05) is 39.9 Å². The summed E-state index contributed by atoms with van der Waals surface area (Å²) in [6.07, 6.45) is 8.56. The highest BCUT2D eigenvalue weighted by Gasteiger charge is 2.16. The van der Waals surface area contributed by atoms with Crippen LogP contribution in [0.25, 0.3) is 55.6 Å². The van der Waals surface area contributed by atoms with Crippen LogP contribution in [-0.4, -0.2) is 36.0 Å². The van der Waals surface area contributed by atoms with Crippen LogP contribution in [0.5, 0.6) is 0 Å². The second-order valence-corrected chi connectivity index (χ2v) is 9.31. The second-order valence-electron chi connectivity index (χ2n) is 9.31.